The molecule has 0 aliphatic heterocycles. The number of ether oxygens (including phenoxy) is 2. The molecular weight excluding hydrogens is 827 g/mol. The Morgan fingerprint density at radius 2 is 1.21 bits per heavy atom. The summed E-state index contributed by atoms with van der Waals surface area (Å²) in [6, 6.07) is 34.8. The number of nitrogens with one attached hydrogen (secondary N) is 1. The van der Waals surface area contributed by atoms with E-state index in [0.29, 0.717) is 6.26 Å². The number of benzene rings is 4. The van der Waals surface area contributed by atoms with Crippen LogP contribution in [0.5, 0.6) is 11.5 Å². The second-order valence-electron chi connectivity index (χ2n) is 12.5. The smallest absolute Gasteiger partial charge is 0.261 e. The number of para-hydroxylation sites is 1. The average molecular weight is 880 g/mol. The van der Waals surface area contributed by atoms with Gasteiger partial charge in [-0.1, -0.05) is 101 Å². The summed E-state index contributed by atoms with van der Waals surface area (Å²) in [4.78, 5) is 0. The Morgan fingerprint density at radius 1 is 0.750 bits per heavy atom. The number of anilines is 1. The van der Waals surface area contributed by atoms with E-state index in [1.165, 1.54) is 75.3 Å². The molecule has 0 spiro atoms. The van der Waals surface area contributed by atoms with E-state index >= 15 is 0 Å². The van der Waals surface area contributed by atoms with Crippen molar-refractivity contribution >= 4 is 52.2 Å². The molecule has 52 heavy (non-hydrogen) atoms. The molecule has 2 N–H and O–H groups in total. The predicted molar refractivity (Wildman–Crippen MR) is 220 cm³/mol. The number of methoxy groups -OCH3 is 2. The van der Waals surface area contributed by atoms with E-state index in [4.69, 9.17) is 37.2 Å². The third kappa shape index (κ3) is 14.9. The number of hydrogen-bond donors (Lipinski definition) is 2. The van der Waals surface area contributed by atoms with Gasteiger partial charge in [0.2, 0.25) is 0 Å². The Bertz CT molecular complexity index is 1640. The van der Waals surface area contributed by atoms with Crippen molar-refractivity contribution in [3.63, 3.8) is 0 Å². The number of hydrogen-bond acceptors (Lipinski definition) is 5. The Morgan fingerprint density at radius 3 is 1.67 bits per heavy atom. The molecule has 0 aromatic heterocycles. The average Bonchev–Trinajstić information content (AvgIpc) is 3.16. The van der Waals surface area contributed by atoms with Gasteiger partial charge in [-0.3, -0.25) is 4.55 Å². The van der Waals surface area contributed by atoms with Crippen molar-refractivity contribution in [3.05, 3.63) is 97.1 Å². The van der Waals surface area contributed by atoms with Crippen molar-refractivity contribution in [2.24, 2.45) is 0 Å². The first-order valence-electron chi connectivity index (χ1n) is 17.5. The summed E-state index contributed by atoms with van der Waals surface area (Å²) in [6.07, 6.45) is 14.9. The van der Waals surface area contributed by atoms with Crippen LogP contribution >= 0.6 is 31.1 Å². The van der Waals surface area contributed by atoms with Crippen LogP contribution in [0.25, 0.3) is 22.3 Å². The first-order valence-corrected chi connectivity index (χ1v) is 21.9. The molecule has 2 fully saturated rings. The van der Waals surface area contributed by atoms with Crippen molar-refractivity contribution in [2.75, 3.05) is 38.2 Å². The molecule has 288 valence electrons. The van der Waals surface area contributed by atoms with Gasteiger partial charge in [0.15, 0.2) is 0 Å². The van der Waals surface area contributed by atoms with Gasteiger partial charge in [-0.2, -0.15) is 8.42 Å². The first kappa shape index (κ1) is 46.0. The third-order valence-electron chi connectivity index (χ3n) is 9.01. The molecule has 2 saturated carbocycles. The van der Waals surface area contributed by atoms with Crippen LogP contribution in [0.4, 0.5) is 5.69 Å². The van der Waals surface area contributed by atoms with Crippen LogP contribution in [0.1, 0.15) is 64.2 Å². The summed E-state index contributed by atoms with van der Waals surface area (Å²) in [5.74, 6) is 1.83. The van der Waals surface area contributed by atoms with E-state index in [1.54, 1.807) is 19.5 Å². The fourth-order valence-corrected chi connectivity index (χ4v) is 10.9. The second-order valence-corrected chi connectivity index (χ2v) is 17.5. The van der Waals surface area contributed by atoms with Crippen molar-refractivity contribution in [1.29, 1.82) is 0 Å². The van der Waals surface area contributed by atoms with Crippen molar-refractivity contribution in [3.8, 4) is 33.8 Å². The molecule has 0 atom stereocenters. The van der Waals surface area contributed by atoms with Gasteiger partial charge in [0.05, 0.1) is 31.4 Å². The zero-order valence-electron chi connectivity index (χ0n) is 30.6. The standard InChI is InChI=1S/C26H35O2P.C13H12N.CH2Cl2.CH4O3S.Pd/c1-27-23-17-11-18-24(28-2)26(23)22-16-9-10-19-25(22)29(20-12-5-3-6-13-20)21-14-7-4-8-15-21;1-14-13-10-6-5-9-12(13)11-7-3-2-4-8-11;2-1-3;1-5(2,3)4;/h9-11,16-21H,3-8,12-15H2,1-2H3;2-7,9-10,14H,1H3;1H2;1H3,(H,2,3,4);/q;-1;;;. The topological polar surface area (TPSA) is 84.9 Å². The van der Waals surface area contributed by atoms with Crippen LogP contribution in [0.15, 0.2) is 91.0 Å². The summed E-state index contributed by atoms with van der Waals surface area (Å²) in [5, 5.41) is 4.96. The molecule has 0 heterocycles. The molecule has 6 nitrogen and oxygen atoms in total. The minimum atomic E-state index is -3.67. The number of halogens is 2. The zero-order chi connectivity index (χ0) is 37.1. The number of alkyl halides is 2. The largest absolute Gasteiger partial charge is 0.496 e. The molecule has 4 aromatic carbocycles. The monoisotopic (exact) mass is 878 g/mol. The van der Waals surface area contributed by atoms with Crippen molar-refractivity contribution < 1.29 is 42.9 Å². The fourth-order valence-electron chi connectivity index (χ4n) is 6.93. The van der Waals surface area contributed by atoms with E-state index in [0.717, 1.165) is 39.6 Å². The summed E-state index contributed by atoms with van der Waals surface area (Å²) >= 11 is 9.53. The SMILES string of the molecule is CNc1ccccc1-c1[c-]cccc1.COc1cccc(OC)c1-c1ccccc1P(C1CCCCC1)C1CCCCC1.CS(=O)(=O)O.ClCCl.[Pd]. The Kier molecular flexibility index (Phi) is 22.2. The van der Waals surface area contributed by atoms with Gasteiger partial charge >= 0.3 is 0 Å². The van der Waals surface area contributed by atoms with Gasteiger partial charge in [-0.15, -0.1) is 59.1 Å². The second kappa shape index (κ2) is 25.0. The predicted octanol–water partition coefficient (Wildman–Crippen LogP) is 11.3. The van der Waals surface area contributed by atoms with Gasteiger partial charge < -0.3 is 14.8 Å². The van der Waals surface area contributed by atoms with Crippen molar-refractivity contribution in [2.45, 2.75) is 75.5 Å². The van der Waals surface area contributed by atoms with Gasteiger partial charge in [-0.05, 0) is 71.8 Å². The molecular formula is C41H53Cl2NO5PPdS-. The quantitative estimate of drug-likeness (QED) is 0.0603. The van der Waals surface area contributed by atoms with Crippen LogP contribution in [0.3, 0.4) is 0 Å². The maximum atomic E-state index is 9.19. The summed E-state index contributed by atoms with van der Waals surface area (Å²) in [7, 11) is 1.62. The maximum absolute atomic E-state index is 9.19. The molecule has 0 radical (unpaired) electrons. The van der Waals surface area contributed by atoms with E-state index in [1.807, 2.05) is 43.4 Å². The van der Waals surface area contributed by atoms with Gasteiger partial charge in [0.1, 0.15) is 11.5 Å². The fraction of sp³-hybridized carbons (Fsp3) is 0.415. The number of rotatable bonds is 8. The molecule has 0 bridgehead atoms. The molecule has 2 aliphatic rings. The molecule has 6 rings (SSSR count). The summed E-state index contributed by atoms with van der Waals surface area (Å²) in [5.41, 5.74) is 7.67. The summed E-state index contributed by atoms with van der Waals surface area (Å²) < 4.78 is 37.5. The van der Waals surface area contributed by atoms with Gasteiger partial charge in [0, 0.05) is 27.5 Å². The molecule has 0 unspecified atom stereocenters. The summed E-state index contributed by atoms with van der Waals surface area (Å²) in [6.45, 7) is 0. The Labute approximate surface area is 337 Å². The van der Waals surface area contributed by atoms with Crippen LogP contribution < -0.4 is 20.1 Å². The van der Waals surface area contributed by atoms with Crippen LogP contribution in [-0.2, 0) is 30.5 Å². The van der Waals surface area contributed by atoms with Crippen LogP contribution in [-0.4, -0.2) is 57.2 Å². The van der Waals surface area contributed by atoms with E-state index in [-0.39, 0.29) is 33.7 Å². The zero-order valence-corrected chi connectivity index (χ0v) is 35.4. The van der Waals surface area contributed by atoms with E-state index in [9.17, 15) is 8.42 Å². The molecule has 2 aliphatic carbocycles. The molecule has 4 aromatic rings. The van der Waals surface area contributed by atoms with Crippen LogP contribution in [0.2, 0.25) is 0 Å². The van der Waals surface area contributed by atoms with E-state index in [2.05, 4.69) is 66.0 Å². The first-order chi connectivity index (χ1) is 24.7. The minimum absolute atomic E-state index is 0. The molecule has 0 amide bonds. The van der Waals surface area contributed by atoms with Crippen LogP contribution in [0, 0.1) is 6.07 Å². The van der Waals surface area contributed by atoms with Gasteiger partial charge in [0.25, 0.3) is 10.1 Å². The molecule has 11 heteroatoms. The normalized spacial score (nSPS) is 14.5. The Balaban J connectivity index is 0.000000338. The van der Waals surface area contributed by atoms with E-state index < -0.39 is 10.1 Å². The third-order valence-corrected chi connectivity index (χ3v) is 12.6. The Hall–Kier alpha value is -2.14. The van der Waals surface area contributed by atoms with Gasteiger partial charge in [-0.25, -0.2) is 0 Å². The maximum Gasteiger partial charge on any atom is 0.261 e. The molecule has 0 saturated heterocycles. The minimum Gasteiger partial charge on any atom is -0.496 e. The van der Waals surface area contributed by atoms with Crippen molar-refractivity contribution in [1.82, 2.24) is 0 Å².